The van der Waals surface area contributed by atoms with Crippen LogP contribution in [0.5, 0.6) is 11.5 Å². The van der Waals surface area contributed by atoms with Crippen LogP contribution in [0, 0.1) is 34.3 Å². The van der Waals surface area contributed by atoms with Crippen LogP contribution in [0.2, 0.25) is 0 Å². The molecule has 266 valence electrons. The molecule has 2 aliphatic rings. The van der Waals surface area contributed by atoms with Crippen molar-refractivity contribution < 1.29 is 19.1 Å². The Hall–Kier alpha value is -4.75. The zero-order valence-corrected chi connectivity index (χ0v) is 32.1. The van der Waals surface area contributed by atoms with E-state index < -0.39 is 0 Å². The van der Waals surface area contributed by atoms with E-state index in [9.17, 15) is 19.2 Å². The number of aromatic nitrogens is 2. The Morgan fingerprint density at radius 1 is 0.725 bits per heavy atom. The van der Waals surface area contributed by atoms with Gasteiger partial charge in [-0.25, -0.2) is 4.85 Å². The average molecular weight is 755 g/mol. The van der Waals surface area contributed by atoms with Gasteiger partial charge in [0.05, 0.1) is 11.0 Å². The molecule has 0 unspecified atom stereocenters. The summed E-state index contributed by atoms with van der Waals surface area (Å²) in [7, 11) is 0. The van der Waals surface area contributed by atoms with Crippen molar-refractivity contribution in [3.63, 3.8) is 0 Å². The second-order valence-electron chi connectivity index (χ2n) is 14.9. The number of pyridine rings is 2. The lowest BCUT2D eigenvalue weighted by Crippen LogP contribution is -2.24. The van der Waals surface area contributed by atoms with E-state index in [0.717, 1.165) is 50.3 Å². The molecule has 0 amide bonds. The maximum Gasteiger partial charge on any atom is 0.251 e. The number of aryl methyl sites for hydroxylation is 4. The summed E-state index contributed by atoms with van der Waals surface area (Å²) in [5.74, 6) is 1.38. The number of carbonyl (C=O) groups is 2. The second-order valence-corrected chi connectivity index (χ2v) is 15.7. The van der Waals surface area contributed by atoms with Crippen molar-refractivity contribution in [2.75, 3.05) is 0 Å². The highest BCUT2D eigenvalue weighted by molar-refractivity contribution is 9.10. The van der Waals surface area contributed by atoms with Gasteiger partial charge in [-0.2, -0.15) is 0 Å². The molecule has 4 aromatic rings. The second kappa shape index (κ2) is 14.5. The van der Waals surface area contributed by atoms with E-state index in [4.69, 9.17) is 16.0 Å². The number of aromatic amines is 2. The minimum atomic E-state index is -0.365. The van der Waals surface area contributed by atoms with Crippen molar-refractivity contribution in [1.82, 2.24) is 9.97 Å². The molecule has 0 fully saturated rings. The van der Waals surface area contributed by atoms with Gasteiger partial charge in [-0.05, 0) is 143 Å². The van der Waals surface area contributed by atoms with E-state index in [1.54, 1.807) is 6.07 Å². The summed E-state index contributed by atoms with van der Waals surface area (Å²) in [6.07, 6.45) is 2.81. The Labute approximate surface area is 306 Å². The van der Waals surface area contributed by atoms with Gasteiger partial charge >= 0.3 is 0 Å². The third kappa shape index (κ3) is 8.59. The fourth-order valence-electron chi connectivity index (χ4n) is 6.91. The first-order chi connectivity index (χ1) is 23.9. The number of benzene rings is 2. The number of hydrogen-bond acceptors (Lipinski definition) is 6. The number of ketones is 2. The predicted octanol–water partition coefficient (Wildman–Crippen LogP) is 8.35. The standard InChI is InChI=1S/C21H22N2O3.C20H22BrNO3/c1-12-8-13(2)23-20(25)16(12)6-7-18(24)14-9-15-11-21(3,4)26-19(15)17(10-14)22-5;1-11-7-12(2)22-19(24)15(11)5-6-17(23)13-8-14-10-20(3,4)25-18(14)16(21)9-13/h8-10H,6-7,11H2,1-4H3,(H,23,25);7-9H,5-6,10H2,1-4H3,(H,22,24). The van der Waals surface area contributed by atoms with Gasteiger partial charge in [-0.15, -0.1) is 0 Å². The van der Waals surface area contributed by atoms with Crippen LogP contribution in [-0.4, -0.2) is 32.7 Å². The molecule has 6 rings (SSSR count). The molecule has 10 heteroatoms. The normalized spacial score (nSPS) is 14.7. The Morgan fingerprint density at radius 3 is 1.61 bits per heavy atom. The molecule has 2 aromatic carbocycles. The monoisotopic (exact) mass is 753 g/mol. The van der Waals surface area contributed by atoms with Gasteiger partial charge in [0, 0.05) is 59.3 Å². The van der Waals surface area contributed by atoms with Crippen LogP contribution in [0.15, 0.2) is 50.5 Å². The molecule has 51 heavy (non-hydrogen) atoms. The molecule has 2 N–H and O–H groups in total. The summed E-state index contributed by atoms with van der Waals surface area (Å²) in [5.41, 5.74) is 7.43. The summed E-state index contributed by atoms with van der Waals surface area (Å²) in [6, 6.07) is 11.0. The van der Waals surface area contributed by atoms with E-state index in [1.165, 1.54) is 0 Å². The Kier molecular flexibility index (Phi) is 10.6. The van der Waals surface area contributed by atoms with E-state index in [0.29, 0.717) is 59.4 Å². The van der Waals surface area contributed by atoms with Crippen LogP contribution in [0.4, 0.5) is 5.69 Å². The van der Waals surface area contributed by atoms with Crippen molar-refractivity contribution in [2.45, 2.75) is 105 Å². The lowest BCUT2D eigenvalue weighted by molar-refractivity contribution is 0.0974. The van der Waals surface area contributed by atoms with Crippen molar-refractivity contribution in [3.05, 3.63) is 129 Å². The van der Waals surface area contributed by atoms with Gasteiger partial charge in [0.25, 0.3) is 11.1 Å². The zero-order chi connectivity index (χ0) is 37.4. The molecule has 0 bridgehead atoms. The zero-order valence-electron chi connectivity index (χ0n) is 30.5. The lowest BCUT2D eigenvalue weighted by atomic mass is 9.96. The fraction of sp³-hybridized carbons (Fsp3) is 0.390. The summed E-state index contributed by atoms with van der Waals surface area (Å²) >= 11 is 3.51. The number of Topliss-reactive ketones (excluding diaryl/α,β-unsaturated/α-hetero) is 2. The van der Waals surface area contributed by atoms with Gasteiger partial charge in [-0.1, -0.05) is 0 Å². The van der Waals surface area contributed by atoms with Crippen LogP contribution in [0.25, 0.3) is 4.85 Å². The van der Waals surface area contributed by atoms with E-state index >= 15 is 0 Å². The van der Waals surface area contributed by atoms with E-state index in [2.05, 4.69) is 30.7 Å². The quantitative estimate of drug-likeness (QED) is 0.138. The number of carbonyl (C=O) groups excluding carboxylic acids is 2. The topological polar surface area (TPSA) is 123 Å². The van der Waals surface area contributed by atoms with Crippen molar-refractivity contribution >= 4 is 33.2 Å². The Bertz CT molecular complexity index is 2220. The number of halogens is 1. The Balaban J connectivity index is 0.000000198. The molecule has 4 heterocycles. The number of nitrogens with zero attached hydrogens (tertiary/aromatic N) is 1. The Morgan fingerprint density at radius 2 is 1.16 bits per heavy atom. The van der Waals surface area contributed by atoms with Crippen LogP contribution in [-0.2, 0) is 25.7 Å². The van der Waals surface area contributed by atoms with Gasteiger partial charge < -0.3 is 19.4 Å². The molecule has 0 spiro atoms. The maximum atomic E-state index is 12.7. The van der Waals surface area contributed by atoms with Crippen molar-refractivity contribution in [3.8, 4) is 11.5 Å². The molecule has 0 saturated carbocycles. The number of ether oxygens (including phenoxy) is 2. The minimum absolute atomic E-state index is 0.0348. The molecule has 9 nitrogen and oxygen atoms in total. The third-order valence-electron chi connectivity index (χ3n) is 9.21. The first-order valence-corrected chi connectivity index (χ1v) is 17.9. The molecule has 2 aliphatic heterocycles. The molecule has 0 radical (unpaired) electrons. The molecule has 0 aliphatic carbocycles. The van der Waals surface area contributed by atoms with Gasteiger partial charge in [0.15, 0.2) is 11.6 Å². The predicted molar refractivity (Wildman–Crippen MR) is 202 cm³/mol. The summed E-state index contributed by atoms with van der Waals surface area (Å²) in [6.45, 7) is 22.9. The number of H-pyrrole nitrogens is 2. The highest BCUT2D eigenvalue weighted by Crippen LogP contribution is 2.43. The van der Waals surface area contributed by atoms with E-state index in [1.807, 2.05) is 85.7 Å². The average Bonchev–Trinajstić information content (AvgIpc) is 3.52. The van der Waals surface area contributed by atoms with Gasteiger partial charge in [0.1, 0.15) is 22.7 Å². The number of fused-ring (bicyclic) bond motifs is 2. The maximum absolute atomic E-state index is 12.7. The van der Waals surface area contributed by atoms with E-state index in [-0.39, 0.29) is 40.3 Å². The lowest BCUT2D eigenvalue weighted by Gasteiger charge is -2.17. The summed E-state index contributed by atoms with van der Waals surface area (Å²) in [4.78, 5) is 58.6. The van der Waals surface area contributed by atoms with Crippen molar-refractivity contribution in [2.24, 2.45) is 0 Å². The number of nitrogens with one attached hydrogen (secondary N) is 2. The highest BCUT2D eigenvalue weighted by Gasteiger charge is 2.34. The third-order valence-corrected chi connectivity index (χ3v) is 9.80. The largest absolute Gasteiger partial charge is 0.498 e. The number of rotatable bonds is 8. The van der Waals surface area contributed by atoms with Crippen LogP contribution in [0.1, 0.15) is 106 Å². The van der Waals surface area contributed by atoms with Gasteiger partial charge in [-0.3, -0.25) is 19.2 Å². The first kappa shape index (κ1) is 37.5. The molecular weight excluding hydrogens is 710 g/mol. The fourth-order valence-corrected chi connectivity index (χ4v) is 7.50. The summed E-state index contributed by atoms with van der Waals surface area (Å²) < 4.78 is 12.6. The smallest absolute Gasteiger partial charge is 0.251 e. The summed E-state index contributed by atoms with van der Waals surface area (Å²) in [5, 5.41) is 0. The van der Waals surface area contributed by atoms with Gasteiger partial charge in [0.2, 0.25) is 5.69 Å². The van der Waals surface area contributed by atoms with Crippen LogP contribution in [0.3, 0.4) is 0 Å². The SMILES string of the molecule is Cc1cc(C)c(CCC(=O)c2cc(Br)c3c(c2)CC(C)(C)O3)c(=O)[nH]1.[C-]#[N+]c1cc(C(=O)CCc2c(C)cc(C)[nH]c2=O)cc2c1OC(C)(C)C2. The molecular formula is C41H44BrN3O6. The van der Waals surface area contributed by atoms with Crippen LogP contribution >= 0.6 is 15.9 Å². The highest BCUT2D eigenvalue weighted by atomic mass is 79.9. The van der Waals surface area contributed by atoms with Crippen molar-refractivity contribution in [1.29, 1.82) is 0 Å². The van der Waals surface area contributed by atoms with Crippen LogP contribution < -0.4 is 20.6 Å². The molecule has 0 saturated heterocycles. The number of hydrogen-bond donors (Lipinski definition) is 2. The minimum Gasteiger partial charge on any atom is -0.498 e. The molecule has 2 aromatic heterocycles. The first-order valence-electron chi connectivity index (χ1n) is 17.1. The molecule has 0 atom stereocenters.